The number of hydrogen-bond acceptors (Lipinski definition) is 2. The van der Waals surface area contributed by atoms with Crippen molar-refractivity contribution in [3.63, 3.8) is 0 Å². The predicted octanol–water partition coefficient (Wildman–Crippen LogP) is 10.5. The molecule has 1 aliphatic carbocycles. The standard InChI is InChI=1S/C29H28ClN.C6H12S/c1-21(2)28-12-4-3-10-24(28)11-6-9-22-7-5-8-23(19-22)13-17-27-18-15-25-14-16-26(30)20-29(25)31-27;1-2-6(5-7)3-4-6/h3-5,7-8,10,12-21H,6,9,11H2,1-2H3;7H,2-5H2,1H3/b17-13+;. The van der Waals surface area contributed by atoms with Crippen molar-refractivity contribution < 1.29 is 0 Å². The molecule has 1 heterocycles. The molecule has 3 aromatic carbocycles. The second-order valence-electron chi connectivity index (χ2n) is 10.9. The molecule has 1 aliphatic rings. The highest BCUT2D eigenvalue weighted by molar-refractivity contribution is 7.80. The molecule has 5 rings (SSSR count). The topological polar surface area (TPSA) is 12.9 Å². The van der Waals surface area contributed by atoms with Gasteiger partial charge in [-0.3, -0.25) is 0 Å². The summed E-state index contributed by atoms with van der Waals surface area (Å²) in [5.41, 5.74) is 8.09. The Bertz CT molecular complexity index is 1360. The van der Waals surface area contributed by atoms with E-state index in [0.717, 1.165) is 41.6 Å². The van der Waals surface area contributed by atoms with Crippen molar-refractivity contribution in [1.29, 1.82) is 0 Å². The first-order valence-electron chi connectivity index (χ1n) is 13.9. The molecule has 0 aliphatic heterocycles. The third-order valence-corrected chi connectivity index (χ3v) is 8.61. The summed E-state index contributed by atoms with van der Waals surface area (Å²) >= 11 is 10.4. The van der Waals surface area contributed by atoms with Gasteiger partial charge in [-0.05, 0) is 102 Å². The number of rotatable bonds is 9. The molecule has 0 bridgehead atoms. The lowest BCUT2D eigenvalue weighted by molar-refractivity contribution is 0.564. The zero-order valence-electron chi connectivity index (χ0n) is 23.0. The lowest BCUT2D eigenvalue weighted by atomic mass is 9.93. The van der Waals surface area contributed by atoms with Crippen LogP contribution in [0.3, 0.4) is 0 Å². The van der Waals surface area contributed by atoms with Gasteiger partial charge in [-0.2, -0.15) is 12.6 Å². The molecule has 0 atom stereocenters. The van der Waals surface area contributed by atoms with Crippen LogP contribution in [0, 0.1) is 5.41 Å². The zero-order chi connectivity index (χ0) is 27.0. The van der Waals surface area contributed by atoms with Crippen molar-refractivity contribution in [3.8, 4) is 0 Å². The lowest BCUT2D eigenvalue weighted by Gasteiger charge is -2.12. The Morgan fingerprint density at radius 2 is 1.71 bits per heavy atom. The first-order chi connectivity index (χ1) is 18.4. The maximum atomic E-state index is 6.11. The average Bonchev–Trinajstić information content (AvgIpc) is 3.73. The normalized spacial score (nSPS) is 14.1. The van der Waals surface area contributed by atoms with Crippen molar-refractivity contribution in [3.05, 3.63) is 112 Å². The molecular formula is C35H40ClNS. The molecule has 1 fully saturated rings. The molecule has 0 N–H and O–H groups in total. The minimum absolute atomic E-state index is 0.574. The lowest BCUT2D eigenvalue weighted by Crippen LogP contribution is -1.97. The number of nitrogens with zero attached hydrogens (tertiary/aromatic N) is 1. The molecule has 1 saturated carbocycles. The van der Waals surface area contributed by atoms with Gasteiger partial charge in [0.15, 0.2) is 0 Å². The van der Waals surface area contributed by atoms with Gasteiger partial charge in [0.2, 0.25) is 0 Å². The van der Waals surface area contributed by atoms with E-state index in [2.05, 4.69) is 100 Å². The van der Waals surface area contributed by atoms with Gasteiger partial charge >= 0.3 is 0 Å². The van der Waals surface area contributed by atoms with Crippen molar-refractivity contribution in [2.45, 2.75) is 65.2 Å². The van der Waals surface area contributed by atoms with Crippen LogP contribution in [0.15, 0.2) is 78.9 Å². The monoisotopic (exact) mass is 541 g/mol. The van der Waals surface area contributed by atoms with Gasteiger partial charge in [-0.15, -0.1) is 0 Å². The van der Waals surface area contributed by atoms with Gasteiger partial charge in [0.1, 0.15) is 0 Å². The quantitative estimate of drug-likeness (QED) is 0.208. The molecule has 3 heteroatoms. The molecular weight excluding hydrogens is 502 g/mol. The summed E-state index contributed by atoms with van der Waals surface area (Å²) in [5, 5.41) is 1.81. The van der Waals surface area contributed by atoms with E-state index in [4.69, 9.17) is 16.6 Å². The highest BCUT2D eigenvalue weighted by Crippen LogP contribution is 2.49. The highest BCUT2D eigenvalue weighted by Gasteiger charge is 2.38. The van der Waals surface area contributed by atoms with E-state index in [-0.39, 0.29) is 0 Å². The van der Waals surface area contributed by atoms with E-state index in [1.165, 1.54) is 41.5 Å². The zero-order valence-corrected chi connectivity index (χ0v) is 24.6. The highest BCUT2D eigenvalue weighted by atomic mass is 35.5. The predicted molar refractivity (Wildman–Crippen MR) is 170 cm³/mol. The number of aryl methyl sites for hydroxylation is 2. The van der Waals surface area contributed by atoms with Crippen LogP contribution in [-0.2, 0) is 12.8 Å². The molecule has 198 valence electrons. The second-order valence-corrected chi connectivity index (χ2v) is 11.6. The van der Waals surface area contributed by atoms with E-state index in [1.807, 2.05) is 24.3 Å². The van der Waals surface area contributed by atoms with Crippen molar-refractivity contribution in [1.82, 2.24) is 4.98 Å². The minimum atomic E-state index is 0.574. The summed E-state index contributed by atoms with van der Waals surface area (Å²) in [7, 11) is 0. The molecule has 0 unspecified atom stereocenters. The fourth-order valence-electron chi connectivity index (χ4n) is 4.84. The Labute approximate surface area is 239 Å². The van der Waals surface area contributed by atoms with Crippen LogP contribution in [0.2, 0.25) is 5.02 Å². The van der Waals surface area contributed by atoms with Gasteiger partial charge in [-0.1, -0.05) is 99.1 Å². The molecule has 0 spiro atoms. The maximum Gasteiger partial charge on any atom is 0.0724 e. The smallest absolute Gasteiger partial charge is 0.0724 e. The average molecular weight is 542 g/mol. The number of pyridine rings is 1. The van der Waals surface area contributed by atoms with Gasteiger partial charge in [0.05, 0.1) is 11.2 Å². The minimum Gasteiger partial charge on any atom is -0.248 e. The molecule has 1 nitrogen and oxygen atoms in total. The van der Waals surface area contributed by atoms with Gasteiger partial charge < -0.3 is 0 Å². The molecule has 38 heavy (non-hydrogen) atoms. The molecule has 1 aromatic heterocycles. The SMILES string of the molecule is CC(C)c1ccccc1CCCc1cccc(/C=C/c2ccc3ccc(Cl)cc3n2)c1.CCC1(CS)CC1. The van der Waals surface area contributed by atoms with Crippen LogP contribution in [0.1, 0.15) is 80.3 Å². The summed E-state index contributed by atoms with van der Waals surface area (Å²) in [4.78, 5) is 4.71. The summed E-state index contributed by atoms with van der Waals surface area (Å²) in [5.74, 6) is 1.67. The van der Waals surface area contributed by atoms with Crippen LogP contribution in [-0.4, -0.2) is 10.7 Å². The summed E-state index contributed by atoms with van der Waals surface area (Å²) in [6.45, 7) is 6.80. The van der Waals surface area contributed by atoms with Gasteiger partial charge in [0, 0.05) is 10.4 Å². The number of aromatic nitrogens is 1. The van der Waals surface area contributed by atoms with Gasteiger partial charge in [-0.25, -0.2) is 4.98 Å². The molecule has 4 aromatic rings. The fourth-order valence-corrected chi connectivity index (χ4v) is 5.55. The van der Waals surface area contributed by atoms with E-state index in [1.54, 1.807) is 0 Å². The largest absolute Gasteiger partial charge is 0.248 e. The van der Waals surface area contributed by atoms with Crippen molar-refractivity contribution in [2.24, 2.45) is 5.41 Å². The molecule has 0 radical (unpaired) electrons. The number of fused-ring (bicyclic) bond motifs is 1. The number of thiol groups is 1. The Morgan fingerprint density at radius 3 is 2.42 bits per heavy atom. The number of benzene rings is 3. The van der Waals surface area contributed by atoms with Crippen LogP contribution in [0.25, 0.3) is 23.1 Å². The Kier molecular flexibility index (Phi) is 10.1. The van der Waals surface area contributed by atoms with Crippen molar-refractivity contribution in [2.75, 3.05) is 5.75 Å². The Hall–Kier alpha value is -2.55. The van der Waals surface area contributed by atoms with Gasteiger partial charge in [0.25, 0.3) is 0 Å². The van der Waals surface area contributed by atoms with E-state index < -0.39 is 0 Å². The molecule has 0 amide bonds. The van der Waals surface area contributed by atoms with Crippen LogP contribution in [0.5, 0.6) is 0 Å². The van der Waals surface area contributed by atoms with Crippen molar-refractivity contribution >= 4 is 47.3 Å². The first-order valence-corrected chi connectivity index (χ1v) is 14.9. The fraction of sp³-hybridized carbons (Fsp3) is 0.343. The van der Waals surface area contributed by atoms with E-state index in [9.17, 15) is 0 Å². The Balaban J connectivity index is 0.000000417. The number of halogens is 1. The first kappa shape index (κ1) is 28.5. The van der Waals surface area contributed by atoms with Crippen LogP contribution in [0.4, 0.5) is 0 Å². The van der Waals surface area contributed by atoms with E-state index >= 15 is 0 Å². The summed E-state index contributed by atoms with van der Waals surface area (Å²) < 4.78 is 0. The molecule has 0 saturated heterocycles. The second kappa shape index (κ2) is 13.5. The van der Waals surface area contributed by atoms with Crippen LogP contribution >= 0.6 is 24.2 Å². The van der Waals surface area contributed by atoms with Crippen LogP contribution < -0.4 is 0 Å². The third-order valence-electron chi connectivity index (χ3n) is 7.70. The Morgan fingerprint density at radius 1 is 0.921 bits per heavy atom. The number of hydrogen-bond donors (Lipinski definition) is 1. The maximum absolute atomic E-state index is 6.11. The third kappa shape index (κ3) is 7.98. The summed E-state index contributed by atoms with van der Waals surface area (Å²) in [6.07, 6.45) is 11.7. The van der Waals surface area contributed by atoms with E-state index in [0.29, 0.717) is 16.4 Å². The summed E-state index contributed by atoms with van der Waals surface area (Å²) in [6, 6.07) is 27.6.